The highest BCUT2D eigenvalue weighted by atomic mass is 16.4. The zero-order valence-electron chi connectivity index (χ0n) is 10.5. The van der Waals surface area contributed by atoms with Gasteiger partial charge in [-0.3, -0.25) is 4.79 Å². The molecule has 0 aliphatic carbocycles. The number of hydrogen-bond donors (Lipinski definition) is 2. The van der Waals surface area contributed by atoms with Crippen molar-refractivity contribution >= 4 is 11.9 Å². The first-order chi connectivity index (χ1) is 7.77. The number of amides is 1. The fraction of sp³-hybridized carbons (Fsp3) is 0.500. The highest BCUT2D eigenvalue weighted by Crippen LogP contribution is 2.16. The van der Waals surface area contributed by atoms with E-state index in [2.05, 4.69) is 5.32 Å². The Morgan fingerprint density at radius 3 is 2.47 bits per heavy atom. The van der Waals surface area contributed by atoms with Crippen LogP contribution in [-0.2, 0) is 11.2 Å². The van der Waals surface area contributed by atoms with Crippen molar-refractivity contribution < 1.29 is 19.1 Å². The van der Waals surface area contributed by atoms with E-state index in [4.69, 9.17) is 9.52 Å². The number of carbonyl (C=O) groups is 2. The molecule has 0 fully saturated rings. The van der Waals surface area contributed by atoms with E-state index in [0.717, 1.165) is 11.3 Å². The maximum Gasteiger partial charge on any atom is 0.328 e. The molecule has 0 saturated carbocycles. The molecule has 1 rings (SSSR count). The quantitative estimate of drug-likeness (QED) is 0.838. The van der Waals surface area contributed by atoms with Crippen molar-refractivity contribution in [2.24, 2.45) is 0 Å². The summed E-state index contributed by atoms with van der Waals surface area (Å²) in [5, 5.41) is 11.3. The molecule has 0 atom stereocenters. The molecule has 0 aliphatic rings. The third kappa shape index (κ3) is 2.87. The van der Waals surface area contributed by atoms with E-state index in [-0.39, 0.29) is 5.76 Å². The number of carboxylic acid groups (broad SMARTS) is 1. The first kappa shape index (κ1) is 13.3. The van der Waals surface area contributed by atoms with Gasteiger partial charge < -0.3 is 14.8 Å². The van der Waals surface area contributed by atoms with Crippen LogP contribution >= 0.6 is 0 Å². The molecule has 0 aliphatic heterocycles. The summed E-state index contributed by atoms with van der Waals surface area (Å²) >= 11 is 0. The molecule has 0 unspecified atom stereocenters. The Bertz CT molecular complexity index is 445. The van der Waals surface area contributed by atoms with E-state index in [9.17, 15) is 9.59 Å². The molecule has 5 heteroatoms. The zero-order chi connectivity index (χ0) is 13.2. The minimum absolute atomic E-state index is 0.147. The monoisotopic (exact) mass is 239 g/mol. The van der Waals surface area contributed by atoms with Crippen LogP contribution in [0.2, 0.25) is 0 Å². The number of nitrogens with one attached hydrogen (secondary N) is 1. The van der Waals surface area contributed by atoms with Gasteiger partial charge in [-0.2, -0.15) is 0 Å². The maximum absolute atomic E-state index is 11.8. The molecule has 1 aromatic heterocycles. The second kappa shape index (κ2) is 4.61. The minimum atomic E-state index is -1.32. The first-order valence-electron chi connectivity index (χ1n) is 5.43. The van der Waals surface area contributed by atoms with Gasteiger partial charge in [0.15, 0.2) is 5.76 Å². The highest BCUT2D eigenvalue weighted by molar-refractivity contribution is 5.95. The maximum atomic E-state index is 11.8. The molecule has 17 heavy (non-hydrogen) atoms. The first-order valence-corrected chi connectivity index (χ1v) is 5.43. The summed E-state index contributed by atoms with van der Waals surface area (Å²) in [6.07, 6.45) is 0.696. The SMILES string of the molecule is CCc1oc(C(=O)NC(C)(C)C(=O)O)cc1C. The van der Waals surface area contributed by atoms with Crippen LogP contribution in [-0.4, -0.2) is 22.5 Å². The summed E-state index contributed by atoms with van der Waals surface area (Å²) in [4.78, 5) is 22.6. The van der Waals surface area contributed by atoms with Gasteiger partial charge in [0, 0.05) is 6.42 Å². The molecular weight excluding hydrogens is 222 g/mol. The topological polar surface area (TPSA) is 79.5 Å². The van der Waals surface area contributed by atoms with Gasteiger partial charge in [0.1, 0.15) is 11.3 Å². The van der Waals surface area contributed by atoms with Gasteiger partial charge in [-0.25, -0.2) is 4.79 Å². The van der Waals surface area contributed by atoms with Crippen LogP contribution in [0, 0.1) is 6.92 Å². The Balaban J connectivity index is 2.87. The molecule has 0 aromatic carbocycles. The molecular formula is C12H17NO4. The number of hydrogen-bond acceptors (Lipinski definition) is 3. The number of rotatable bonds is 4. The molecule has 0 spiro atoms. The predicted molar refractivity (Wildman–Crippen MR) is 62.0 cm³/mol. The molecule has 0 saturated heterocycles. The van der Waals surface area contributed by atoms with Crippen molar-refractivity contribution in [1.29, 1.82) is 0 Å². The number of aryl methyl sites for hydroxylation is 2. The van der Waals surface area contributed by atoms with Gasteiger partial charge in [-0.1, -0.05) is 6.92 Å². The Morgan fingerprint density at radius 2 is 2.06 bits per heavy atom. The van der Waals surface area contributed by atoms with E-state index in [0.29, 0.717) is 6.42 Å². The largest absolute Gasteiger partial charge is 0.480 e. The van der Waals surface area contributed by atoms with Crippen molar-refractivity contribution in [3.8, 4) is 0 Å². The van der Waals surface area contributed by atoms with Crippen LogP contribution in [0.4, 0.5) is 0 Å². The van der Waals surface area contributed by atoms with E-state index >= 15 is 0 Å². The van der Waals surface area contributed by atoms with Gasteiger partial charge in [0.25, 0.3) is 5.91 Å². The molecule has 1 amide bonds. The van der Waals surface area contributed by atoms with Crippen LogP contribution in [0.5, 0.6) is 0 Å². The minimum Gasteiger partial charge on any atom is -0.480 e. The molecule has 1 heterocycles. The molecule has 5 nitrogen and oxygen atoms in total. The van der Waals surface area contributed by atoms with Crippen LogP contribution < -0.4 is 5.32 Å². The average molecular weight is 239 g/mol. The third-order valence-corrected chi connectivity index (χ3v) is 2.53. The van der Waals surface area contributed by atoms with Crippen LogP contribution in [0.3, 0.4) is 0 Å². The summed E-state index contributed by atoms with van der Waals surface area (Å²) in [7, 11) is 0. The van der Waals surface area contributed by atoms with Gasteiger partial charge in [-0.05, 0) is 32.4 Å². The zero-order valence-corrected chi connectivity index (χ0v) is 10.5. The van der Waals surface area contributed by atoms with Crippen LogP contribution in [0.1, 0.15) is 42.6 Å². The van der Waals surface area contributed by atoms with E-state index in [1.54, 1.807) is 6.07 Å². The lowest BCUT2D eigenvalue weighted by atomic mass is 10.1. The Hall–Kier alpha value is -1.78. The van der Waals surface area contributed by atoms with Crippen molar-refractivity contribution in [2.75, 3.05) is 0 Å². The molecule has 94 valence electrons. The van der Waals surface area contributed by atoms with Gasteiger partial charge in [0.05, 0.1) is 0 Å². The van der Waals surface area contributed by atoms with Crippen molar-refractivity contribution in [1.82, 2.24) is 5.32 Å². The fourth-order valence-corrected chi connectivity index (χ4v) is 1.38. The Morgan fingerprint density at radius 1 is 1.47 bits per heavy atom. The van der Waals surface area contributed by atoms with Crippen LogP contribution in [0.15, 0.2) is 10.5 Å². The summed E-state index contributed by atoms with van der Waals surface area (Å²) in [6, 6.07) is 1.62. The second-order valence-electron chi connectivity index (χ2n) is 4.45. The molecule has 2 N–H and O–H groups in total. The highest BCUT2D eigenvalue weighted by Gasteiger charge is 2.30. The summed E-state index contributed by atoms with van der Waals surface area (Å²) in [5.74, 6) is -0.720. The summed E-state index contributed by atoms with van der Waals surface area (Å²) in [5.41, 5.74) is -0.421. The number of furan rings is 1. The van der Waals surface area contributed by atoms with Gasteiger partial charge in [-0.15, -0.1) is 0 Å². The summed E-state index contributed by atoms with van der Waals surface area (Å²) in [6.45, 7) is 6.61. The second-order valence-corrected chi connectivity index (χ2v) is 4.45. The number of aliphatic carboxylic acids is 1. The standard InChI is InChI=1S/C12H17NO4/c1-5-8-7(2)6-9(17-8)10(14)13-12(3,4)11(15)16/h6H,5H2,1-4H3,(H,13,14)(H,15,16). The number of carbonyl (C=O) groups excluding carboxylic acids is 1. The Kier molecular flexibility index (Phi) is 3.60. The molecule has 1 aromatic rings. The fourth-order valence-electron chi connectivity index (χ4n) is 1.38. The predicted octanol–water partition coefficient (Wildman–Crippen LogP) is 1.74. The third-order valence-electron chi connectivity index (χ3n) is 2.53. The van der Waals surface area contributed by atoms with Crippen molar-refractivity contribution in [3.05, 3.63) is 23.2 Å². The van der Waals surface area contributed by atoms with Gasteiger partial charge in [0.2, 0.25) is 0 Å². The summed E-state index contributed by atoms with van der Waals surface area (Å²) < 4.78 is 5.35. The number of carboxylic acids is 1. The van der Waals surface area contributed by atoms with Crippen LogP contribution in [0.25, 0.3) is 0 Å². The van der Waals surface area contributed by atoms with E-state index < -0.39 is 17.4 Å². The van der Waals surface area contributed by atoms with E-state index in [1.807, 2.05) is 13.8 Å². The Labute approximate surface area is 99.8 Å². The lowest BCUT2D eigenvalue weighted by Gasteiger charge is -2.19. The lowest BCUT2D eigenvalue weighted by Crippen LogP contribution is -2.49. The normalized spacial score (nSPS) is 11.3. The van der Waals surface area contributed by atoms with E-state index in [1.165, 1.54) is 13.8 Å². The van der Waals surface area contributed by atoms with Gasteiger partial charge >= 0.3 is 5.97 Å². The van der Waals surface area contributed by atoms with Crippen molar-refractivity contribution in [3.63, 3.8) is 0 Å². The smallest absolute Gasteiger partial charge is 0.328 e. The average Bonchev–Trinajstić information content (AvgIpc) is 2.58. The molecule has 0 radical (unpaired) electrons. The lowest BCUT2D eigenvalue weighted by molar-refractivity contribution is -0.143. The van der Waals surface area contributed by atoms with Crippen molar-refractivity contribution in [2.45, 2.75) is 39.7 Å². The molecule has 0 bridgehead atoms.